The lowest BCUT2D eigenvalue weighted by Crippen LogP contribution is -2.10. The number of hydrogen-bond donors (Lipinski definition) is 0. The molecule has 0 unspecified atom stereocenters. The highest BCUT2D eigenvalue weighted by atomic mass is 32.1. The van der Waals surface area contributed by atoms with Gasteiger partial charge in [-0.3, -0.25) is 0 Å². The summed E-state index contributed by atoms with van der Waals surface area (Å²) in [7, 11) is 0. The maximum absolute atomic E-state index is 6.77. The van der Waals surface area contributed by atoms with Crippen molar-refractivity contribution in [1.29, 1.82) is 0 Å². The quantitative estimate of drug-likeness (QED) is 0.101. The van der Waals surface area contributed by atoms with Gasteiger partial charge in [-0.05, 0) is 119 Å². The van der Waals surface area contributed by atoms with Crippen LogP contribution >= 0.6 is 11.3 Å². The number of anilines is 3. The predicted octanol–water partition coefficient (Wildman–Crippen LogP) is 17.3. The number of allylic oxidation sites excluding steroid dienone is 4. The van der Waals surface area contributed by atoms with Crippen molar-refractivity contribution in [3.63, 3.8) is 0 Å². The fraction of sp³-hybridized carbons (Fsp3) is 0.0492. The molecule has 65 heavy (non-hydrogen) atoms. The van der Waals surface area contributed by atoms with E-state index in [-0.39, 0.29) is 0 Å². The molecule has 0 bridgehead atoms. The molecule has 3 nitrogen and oxygen atoms in total. The summed E-state index contributed by atoms with van der Waals surface area (Å²) in [4.78, 5) is 8.84. The van der Waals surface area contributed by atoms with E-state index in [0.29, 0.717) is 5.70 Å². The Morgan fingerprint density at radius 1 is 0.600 bits per heavy atom. The zero-order valence-electron chi connectivity index (χ0n) is 36.0. The SMILES string of the molecule is C=C=C(/N=C(/c1ccccc1)c1sc2ccccc2c1C)c1cccc(-c2cccc3oc4cc(N(c5ccc(C6=CC=CCC6)cc5)c5cccc(-c6ccccc6)c5)ccc4c23)c1. The number of thiophene rings is 1. The highest BCUT2D eigenvalue weighted by Gasteiger charge is 2.20. The molecule has 4 heteroatoms. The lowest BCUT2D eigenvalue weighted by molar-refractivity contribution is 0.669. The van der Waals surface area contributed by atoms with E-state index in [2.05, 4.69) is 230 Å². The molecule has 0 N–H and O–H groups in total. The van der Waals surface area contributed by atoms with Gasteiger partial charge in [-0.1, -0.05) is 158 Å². The molecule has 0 spiro atoms. The zero-order valence-corrected chi connectivity index (χ0v) is 36.9. The number of rotatable bonds is 10. The van der Waals surface area contributed by atoms with E-state index >= 15 is 0 Å². The molecule has 310 valence electrons. The van der Waals surface area contributed by atoms with E-state index in [1.54, 1.807) is 11.3 Å². The predicted molar refractivity (Wildman–Crippen MR) is 277 cm³/mol. The van der Waals surface area contributed by atoms with Crippen LogP contribution in [-0.2, 0) is 0 Å². The zero-order chi connectivity index (χ0) is 43.7. The van der Waals surface area contributed by atoms with Crippen molar-refractivity contribution in [3.8, 4) is 22.3 Å². The van der Waals surface area contributed by atoms with Gasteiger partial charge in [0, 0.05) is 49.7 Å². The van der Waals surface area contributed by atoms with Gasteiger partial charge >= 0.3 is 0 Å². The molecule has 1 aliphatic rings. The molecule has 2 heterocycles. The number of aryl methyl sites for hydroxylation is 1. The Morgan fingerprint density at radius 3 is 2.11 bits per heavy atom. The van der Waals surface area contributed by atoms with Crippen LogP contribution < -0.4 is 4.90 Å². The Labute approximate surface area is 383 Å². The Bertz CT molecular complexity index is 3540. The molecule has 0 atom stereocenters. The van der Waals surface area contributed by atoms with Gasteiger partial charge in [-0.25, -0.2) is 4.99 Å². The van der Waals surface area contributed by atoms with Gasteiger partial charge in [-0.15, -0.1) is 17.1 Å². The molecule has 1 aliphatic carbocycles. The van der Waals surface area contributed by atoms with E-state index in [9.17, 15) is 0 Å². The van der Waals surface area contributed by atoms with E-state index in [1.807, 2.05) is 6.07 Å². The smallest absolute Gasteiger partial charge is 0.137 e. The first-order valence-electron chi connectivity index (χ1n) is 22.1. The largest absolute Gasteiger partial charge is 0.456 e. The summed E-state index contributed by atoms with van der Waals surface area (Å²) in [5.74, 6) is 0. The summed E-state index contributed by atoms with van der Waals surface area (Å²) in [6.07, 6.45) is 8.76. The number of fused-ring (bicyclic) bond motifs is 4. The topological polar surface area (TPSA) is 28.7 Å². The molecule has 0 fully saturated rings. The first-order chi connectivity index (χ1) is 32.1. The van der Waals surface area contributed by atoms with Crippen LogP contribution in [0.3, 0.4) is 0 Å². The normalized spacial score (nSPS) is 12.7. The summed E-state index contributed by atoms with van der Waals surface area (Å²) in [5.41, 5.74) is 19.9. The standard InChI is InChI=1S/C61H44N2OS/c1-3-55(62-60(45-22-11-6-12-23-45)61-41(2)52-28-13-14-31-58(52)65-61)48-26-15-25-47(38-48)53-29-17-30-56-59(53)54-37-36-51(40-57(54)64-56)63(49-34-32-44(33-35-49)42-18-7-4-8-19-42)50-27-16-24-46(39-50)43-20-9-5-10-21-43/h4-7,9-18,20-40H,1,8,19H2,2H3/b62-60-. The third kappa shape index (κ3) is 7.66. The van der Waals surface area contributed by atoms with Crippen LogP contribution in [0.2, 0.25) is 0 Å². The lowest BCUT2D eigenvalue weighted by Gasteiger charge is -2.26. The van der Waals surface area contributed by atoms with Crippen LogP contribution in [0.15, 0.2) is 234 Å². The third-order valence-electron chi connectivity index (χ3n) is 12.4. The average molecular weight is 853 g/mol. The van der Waals surface area contributed by atoms with Gasteiger partial charge < -0.3 is 9.32 Å². The number of nitrogens with zero attached hydrogens (tertiary/aromatic N) is 2. The molecule has 8 aromatic carbocycles. The highest BCUT2D eigenvalue weighted by molar-refractivity contribution is 7.21. The summed E-state index contributed by atoms with van der Waals surface area (Å²) < 4.78 is 8.01. The Hall–Kier alpha value is -8.01. The molecule has 0 saturated carbocycles. The van der Waals surface area contributed by atoms with E-state index < -0.39 is 0 Å². The first-order valence-corrected chi connectivity index (χ1v) is 22.9. The van der Waals surface area contributed by atoms with Gasteiger partial charge in [0.05, 0.1) is 10.6 Å². The van der Waals surface area contributed by atoms with Crippen molar-refractivity contribution < 1.29 is 4.42 Å². The van der Waals surface area contributed by atoms with Crippen LogP contribution in [0.25, 0.3) is 65.5 Å². The monoisotopic (exact) mass is 852 g/mol. The molecule has 10 aromatic rings. The third-order valence-corrected chi connectivity index (χ3v) is 13.7. The molecule has 0 amide bonds. The number of hydrogen-bond acceptors (Lipinski definition) is 4. The molecule has 2 aromatic heterocycles. The number of furan rings is 1. The van der Waals surface area contributed by atoms with Crippen molar-refractivity contribution in [2.24, 2.45) is 4.99 Å². The van der Waals surface area contributed by atoms with Gasteiger partial charge in [0.15, 0.2) is 0 Å². The summed E-state index contributed by atoms with van der Waals surface area (Å²) in [5, 5.41) is 3.38. The molecule has 0 radical (unpaired) electrons. The lowest BCUT2D eigenvalue weighted by atomic mass is 9.96. The molecular formula is C61H44N2OS. The van der Waals surface area contributed by atoms with Gasteiger partial charge in [0.25, 0.3) is 0 Å². The van der Waals surface area contributed by atoms with Gasteiger partial charge in [0.2, 0.25) is 0 Å². The van der Waals surface area contributed by atoms with Gasteiger partial charge in [0.1, 0.15) is 16.9 Å². The minimum absolute atomic E-state index is 0.688. The van der Waals surface area contributed by atoms with Crippen molar-refractivity contribution in [2.45, 2.75) is 19.8 Å². The Morgan fingerprint density at radius 2 is 1.31 bits per heavy atom. The van der Waals surface area contributed by atoms with Gasteiger partial charge in [-0.2, -0.15) is 0 Å². The highest BCUT2D eigenvalue weighted by Crippen LogP contribution is 2.43. The second kappa shape index (κ2) is 17.3. The van der Waals surface area contributed by atoms with Crippen LogP contribution in [0, 0.1) is 6.92 Å². The Kier molecular flexibility index (Phi) is 10.6. The van der Waals surface area contributed by atoms with E-state index in [4.69, 9.17) is 9.41 Å². The molecular weight excluding hydrogens is 809 g/mol. The van der Waals surface area contributed by atoms with Crippen molar-refractivity contribution in [3.05, 3.63) is 252 Å². The number of aliphatic imine (C=N–C) groups is 1. The van der Waals surface area contributed by atoms with Crippen LogP contribution in [-0.4, -0.2) is 5.71 Å². The van der Waals surface area contributed by atoms with Crippen LogP contribution in [0.5, 0.6) is 0 Å². The Balaban J connectivity index is 0.995. The minimum Gasteiger partial charge on any atom is -0.456 e. The van der Waals surface area contributed by atoms with E-state index in [0.717, 1.165) is 90.2 Å². The maximum atomic E-state index is 6.77. The van der Waals surface area contributed by atoms with Crippen molar-refractivity contribution >= 4 is 77.4 Å². The fourth-order valence-electron chi connectivity index (χ4n) is 9.16. The van der Waals surface area contributed by atoms with Crippen molar-refractivity contribution in [2.75, 3.05) is 4.90 Å². The average Bonchev–Trinajstić information content (AvgIpc) is 3.92. The molecule has 11 rings (SSSR count). The second-order valence-electron chi connectivity index (χ2n) is 16.4. The molecule has 0 saturated heterocycles. The minimum atomic E-state index is 0.688. The second-order valence-corrected chi connectivity index (χ2v) is 17.5. The molecule has 0 aliphatic heterocycles. The first kappa shape index (κ1) is 39.8. The summed E-state index contributed by atoms with van der Waals surface area (Å²) in [6.45, 7) is 6.34. The summed E-state index contributed by atoms with van der Waals surface area (Å²) in [6, 6.07) is 68.8. The maximum Gasteiger partial charge on any atom is 0.137 e. The number of benzene rings is 8. The van der Waals surface area contributed by atoms with Crippen molar-refractivity contribution in [1.82, 2.24) is 0 Å². The fourth-order valence-corrected chi connectivity index (χ4v) is 10.4. The van der Waals surface area contributed by atoms with E-state index in [1.165, 1.54) is 32.3 Å². The van der Waals surface area contributed by atoms with Crippen LogP contribution in [0.4, 0.5) is 17.1 Å². The summed E-state index contributed by atoms with van der Waals surface area (Å²) >= 11 is 1.77. The van der Waals surface area contributed by atoms with Crippen LogP contribution in [0.1, 0.15) is 40.0 Å².